The Kier molecular flexibility index (Phi) is 7.22. The van der Waals surface area contributed by atoms with Gasteiger partial charge >= 0.3 is 5.97 Å². The summed E-state index contributed by atoms with van der Waals surface area (Å²) in [5, 5.41) is 3.81. The minimum atomic E-state index is -0.399. The molecule has 172 valence electrons. The van der Waals surface area contributed by atoms with Crippen molar-refractivity contribution in [1.29, 1.82) is 0 Å². The highest BCUT2D eigenvalue weighted by molar-refractivity contribution is 8.16. The summed E-state index contributed by atoms with van der Waals surface area (Å²) in [5.74, 6) is 0.670. The molecule has 2 aliphatic heterocycles. The van der Waals surface area contributed by atoms with Crippen LogP contribution in [-0.4, -0.2) is 29.8 Å². The number of rotatable bonds is 7. The molecule has 0 spiro atoms. The monoisotopic (exact) mass is 504 g/mol. The third-order valence-electron chi connectivity index (χ3n) is 5.25. The lowest BCUT2D eigenvalue weighted by Gasteiger charge is -2.33. The van der Waals surface area contributed by atoms with E-state index in [9.17, 15) is 4.79 Å². The molecule has 0 bridgehead atoms. The maximum absolute atomic E-state index is 12.8. The normalized spacial score (nSPS) is 17.1. The fourth-order valence-electron chi connectivity index (χ4n) is 3.69. The number of esters is 1. The van der Waals surface area contributed by atoms with Gasteiger partial charge in [-0.25, -0.2) is 9.79 Å². The Hall–Kier alpha value is -2.61. The second-order valence-corrected chi connectivity index (χ2v) is 8.91. The molecule has 2 aliphatic rings. The fourth-order valence-corrected chi connectivity index (χ4v) is 4.99. The van der Waals surface area contributed by atoms with Crippen LogP contribution in [0.1, 0.15) is 31.0 Å². The average molecular weight is 505 g/mol. The lowest BCUT2D eigenvalue weighted by atomic mass is 9.94. The van der Waals surface area contributed by atoms with Crippen LogP contribution in [0.15, 0.2) is 64.3 Å². The number of aliphatic imine (C=N–C) groups is 1. The molecular weight excluding hydrogens is 483 g/mol. The highest BCUT2D eigenvalue weighted by atomic mass is 35.5. The molecule has 33 heavy (non-hydrogen) atoms. The zero-order chi connectivity index (χ0) is 23.5. The van der Waals surface area contributed by atoms with Gasteiger partial charge in [0, 0.05) is 21.8 Å². The first-order chi connectivity index (χ1) is 15.9. The zero-order valence-electron chi connectivity index (χ0n) is 18.3. The first-order valence-electron chi connectivity index (χ1n) is 10.3. The Balaban J connectivity index is 1.67. The molecule has 4 rings (SSSR count). The molecule has 1 atom stereocenters. The van der Waals surface area contributed by atoms with E-state index in [4.69, 9.17) is 37.4 Å². The van der Waals surface area contributed by atoms with Crippen LogP contribution in [0.5, 0.6) is 11.5 Å². The summed E-state index contributed by atoms with van der Waals surface area (Å²) < 4.78 is 16.9. The van der Waals surface area contributed by atoms with Crippen LogP contribution in [0, 0.1) is 0 Å². The van der Waals surface area contributed by atoms with Crippen molar-refractivity contribution in [3.8, 4) is 11.5 Å². The van der Waals surface area contributed by atoms with E-state index in [0.717, 1.165) is 10.7 Å². The van der Waals surface area contributed by atoms with E-state index < -0.39 is 6.04 Å². The summed E-state index contributed by atoms with van der Waals surface area (Å²) in [5.41, 5.74) is 2.67. The number of ether oxygens (including phenoxy) is 3. The number of thioether (sulfide) groups is 1. The van der Waals surface area contributed by atoms with E-state index in [2.05, 4.69) is 4.99 Å². The molecule has 9 heteroatoms. The molecule has 2 heterocycles. The zero-order valence-corrected chi connectivity index (χ0v) is 20.6. The number of benzene rings is 2. The predicted molar refractivity (Wildman–Crippen MR) is 132 cm³/mol. The van der Waals surface area contributed by atoms with Crippen molar-refractivity contribution in [1.82, 2.24) is 4.90 Å². The summed E-state index contributed by atoms with van der Waals surface area (Å²) in [7, 11) is 1.57. The van der Waals surface area contributed by atoms with E-state index in [0.29, 0.717) is 38.4 Å². The van der Waals surface area contributed by atoms with E-state index in [1.807, 2.05) is 41.6 Å². The van der Waals surface area contributed by atoms with Crippen molar-refractivity contribution in [3.05, 3.63) is 80.4 Å². The summed E-state index contributed by atoms with van der Waals surface area (Å²) in [6.45, 7) is 4.08. The van der Waals surface area contributed by atoms with Crippen LogP contribution in [-0.2, 0) is 16.1 Å². The molecular formula is C24H22Cl2N2O4S. The Morgan fingerprint density at radius 2 is 1.94 bits per heavy atom. The quantitative estimate of drug-likeness (QED) is 0.409. The molecule has 6 nitrogen and oxygen atoms in total. The lowest BCUT2D eigenvalue weighted by Crippen LogP contribution is -2.34. The fraction of sp³-hybridized carbons (Fsp3) is 0.250. The number of fused-ring (bicyclic) bond motifs is 1. The third kappa shape index (κ3) is 4.71. The Labute approximate surface area is 206 Å². The highest BCUT2D eigenvalue weighted by Gasteiger charge is 2.37. The van der Waals surface area contributed by atoms with E-state index >= 15 is 0 Å². The van der Waals surface area contributed by atoms with Gasteiger partial charge in [0.2, 0.25) is 0 Å². The topological polar surface area (TPSA) is 60.4 Å². The number of hydrogen-bond acceptors (Lipinski definition) is 7. The predicted octanol–water partition coefficient (Wildman–Crippen LogP) is 6.35. The van der Waals surface area contributed by atoms with Gasteiger partial charge in [0.25, 0.3) is 0 Å². The SMILES string of the molecule is CCOC(=O)C1=C(C)N=C2SC=CN2[C@@H]1c1ccc(OCc2c(Cl)cccc2Cl)c(OC)c1. The first kappa shape index (κ1) is 23.5. The van der Waals surface area contributed by atoms with Crippen LogP contribution < -0.4 is 9.47 Å². The maximum Gasteiger partial charge on any atom is 0.338 e. The van der Waals surface area contributed by atoms with Crippen molar-refractivity contribution in [2.24, 2.45) is 4.99 Å². The second-order valence-electron chi connectivity index (χ2n) is 7.23. The summed E-state index contributed by atoms with van der Waals surface area (Å²) >= 11 is 14.0. The van der Waals surface area contributed by atoms with Gasteiger partial charge in [-0.3, -0.25) is 0 Å². The highest BCUT2D eigenvalue weighted by Crippen LogP contribution is 2.43. The Bertz CT molecular complexity index is 1160. The van der Waals surface area contributed by atoms with Gasteiger partial charge in [-0.05, 0) is 49.1 Å². The van der Waals surface area contributed by atoms with Crippen molar-refractivity contribution in [2.75, 3.05) is 13.7 Å². The molecule has 0 fully saturated rings. The Morgan fingerprint density at radius 1 is 1.18 bits per heavy atom. The van der Waals surface area contributed by atoms with Crippen LogP contribution in [0.3, 0.4) is 0 Å². The van der Waals surface area contributed by atoms with E-state index in [1.165, 1.54) is 11.8 Å². The van der Waals surface area contributed by atoms with Crippen molar-refractivity contribution in [2.45, 2.75) is 26.5 Å². The van der Waals surface area contributed by atoms with E-state index in [1.54, 1.807) is 32.2 Å². The van der Waals surface area contributed by atoms with Gasteiger partial charge < -0.3 is 19.1 Å². The molecule has 0 saturated carbocycles. The van der Waals surface area contributed by atoms with Crippen LogP contribution >= 0.6 is 35.0 Å². The number of amidine groups is 1. The number of methoxy groups -OCH3 is 1. The molecule has 2 aromatic carbocycles. The summed E-state index contributed by atoms with van der Waals surface area (Å²) in [4.78, 5) is 19.4. The average Bonchev–Trinajstić information content (AvgIpc) is 3.26. The molecule has 2 aromatic rings. The smallest absolute Gasteiger partial charge is 0.338 e. The minimum absolute atomic E-state index is 0.188. The third-order valence-corrected chi connectivity index (χ3v) is 6.73. The van der Waals surface area contributed by atoms with Crippen LogP contribution in [0.4, 0.5) is 0 Å². The minimum Gasteiger partial charge on any atom is -0.493 e. The molecule has 0 N–H and O–H groups in total. The molecule has 0 aliphatic carbocycles. The van der Waals surface area contributed by atoms with Gasteiger partial charge in [0.15, 0.2) is 16.7 Å². The number of hydrogen-bond donors (Lipinski definition) is 0. The molecule has 0 saturated heterocycles. The van der Waals surface area contributed by atoms with E-state index in [-0.39, 0.29) is 19.2 Å². The Morgan fingerprint density at radius 3 is 2.64 bits per heavy atom. The van der Waals surface area contributed by atoms with Crippen molar-refractivity contribution in [3.63, 3.8) is 0 Å². The van der Waals surface area contributed by atoms with Crippen molar-refractivity contribution < 1.29 is 19.0 Å². The number of carbonyl (C=O) groups is 1. The number of carbonyl (C=O) groups excluding carboxylic acids is 1. The number of allylic oxidation sites excluding steroid dienone is 1. The number of halogens is 2. The first-order valence-corrected chi connectivity index (χ1v) is 11.9. The van der Waals surface area contributed by atoms with Gasteiger partial charge in [-0.2, -0.15) is 0 Å². The second kappa shape index (κ2) is 10.1. The maximum atomic E-state index is 12.8. The standard InChI is InChI=1S/C24H22Cl2N2O4S/c1-4-31-23(29)21-14(2)27-24-28(10-11-33-24)22(21)15-8-9-19(20(12-15)30-3)32-13-16-17(25)6-5-7-18(16)26/h5-12,22H,4,13H2,1-3H3/t22-/m1/s1. The summed E-state index contributed by atoms with van der Waals surface area (Å²) in [6.07, 6.45) is 1.91. The van der Waals surface area contributed by atoms with Gasteiger partial charge in [-0.1, -0.05) is 47.1 Å². The van der Waals surface area contributed by atoms with Crippen molar-refractivity contribution >= 4 is 46.1 Å². The number of nitrogens with zero attached hydrogens (tertiary/aromatic N) is 2. The van der Waals surface area contributed by atoms with Gasteiger partial charge in [0.1, 0.15) is 6.61 Å². The molecule has 0 aromatic heterocycles. The van der Waals surface area contributed by atoms with Gasteiger partial charge in [0.05, 0.1) is 31.0 Å². The van der Waals surface area contributed by atoms with Gasteiger partial charge in [-0.15, -0.1) is 0 Å². The van der Waals surface area contributed by atoms with Crippen LogP contribution in [0.25, 0.3) is 0 Å². The molecule has 0 radical (unpaired) electrons. The largest absolute Gasteiger partial charge is 0.493 e. The lowest BCUT2D eigenvalue weighted by molar-refractivity contribution is -0.139. The molecule has 0 unspecified atom stereocenters. The van der Waals surface area contributed by atoms with Crippen LogP contribution in [0.2, 0.25) is 10.0 Å². The molecule has 0 amide bonds. The summed E-state index contributed by atoms with van der Waals surface area (Å²) in [6, 6.07) is 10.5.